The number of benzene rings is 1. The summed E-state index contributed by atoms with van der Waals surface area (Å²) in [5.41, 5.74) is 7.43. The molecule has 0 aliphatic rings. The molecule has 1 amide bonds. The summed E-state index contributed by atoms with van der Waals surface area (Å²) in [5.74, 6) is -0.00846. The summed E-state index contributed by atoms with van der Waals surface area (Å²) in [7, 11) is 0. The van der Waals surface area contributed by atoms with Gasteiger partial charge < -0.3 is 16.2 Å². The standard InChI is InChI=1S/C13H18N4O2/c1-8(4-5-18)7-15-13(19)12-10-6-9(14)2-3-11(10)16-17-12/h2-3,6,8,18H,4-5,7,14H2,1H3,(H,15,19)(H,16,17). The zero-order valence-corrected chi connectivity index (χ0v) is 10.8. The summed E-state index contributed by atoms with van der Waals surface area (Å²) in [5, 5.41) is 19.2. The fourth-order valence-electron chi connectivity index (χ4n) is 1.88. The van der Waals surface area contributed by atoms with Crippen LogP contribution in [0, 0.1) is 5.92 Å². The summed E-state index contributed by atoms with van der Waals surface area (Å²) in [6, 6.07) is 5.28. The second kappa shape index (κ2) is 5.71. The average molecular weight is 262 g/mol. The van der Waals surface area contributed by atoms with E-state index in [9.17, 15) is 4.79 Å². The van der Waals surface area contributed by atoms with E-state index in [1.807, 2.05) is 6.92 Å². The van der Waals surface area contributed by atoms with Gasteiger partial charge in [0.25, 0.3) is 5.91 Å². The molecule has 5 N–H and O–H groups in total. The number of carbonyl (C=O) groups excluding carboxylic acids is 1. The lowest BCUT2D eigenvalue weighted by atomic mass is 10.1. The van der Waals surface area contributed by atoms with Gasteiger partial charge >= 0.3 is 0 Å². The van der Waals surface area contributed by atoms with Crippen LogP contribution in [0.1, 0.15) is 23.8 Å². The smallest absolute Gasteiger partial charge is 0.272 e. The van der Waals surface area contributed by atoms with E-state index in [-0.39, 0.29) is 18.4 Å². The maximum Gasteiger partial charge on any atom is 0.272 e. The van der Waals surface area contributed by atoms with Crippen molar-refractivity contribution in [2.24, 2.45) is 5.92 Å². The Morgan fingerprint density at radius 2 is 2.37 bits per heavy atom. The van der Waals surface area contributed by atoms with Crippen LogP contribution in [0.25, 0.3) is 10.9 Å². The molecule has 19 heavy (non-hydrogen) atoms. The second-order valence-electron chi connectivity index (χ2n) is 4.70. The third kappa shape index (κ3) is 3.03. The van der Waals surface area contributed by atoms with E-state index in [4.69, 9.17) is 10.8 Å². The lowest BCUT2D eigenvalue weighted by Crippen LogP contribution is -2.29. The number of fused-ring (bicyclic) bond motifs is 1. The molecule has 102 valence electrons. The number of hydrogen-bond donors (Lipinski definition) is 4. The number of aliphatic hydroxyl groups excluding tert-OH is 1. The number of nitrogens with two attached hydrogens (primary N) is 1. The largest absolute Gasteiger partial charge is 0.399 e. The number of nitrogen functional groups attached to an aromatic ring is 1. The summed E-state index contributed by atoms with van der Waals surface area (Å²) < 4.78 is 0. The van der Waals surface area contributed by atoms with Crippen molar-refractivity contribution in [3.63, 3.8) is 0 Å². The van der Waals surface area contributed by atoms with Crippen LogP contribution in [-0.4, -0.2) is 34.4 Å². The summed E-state index contributed by atoms with van der Waals surface area (Å²) in [6.45, 7) is 2.60. The number of aliphatic hydroxyl groups is 1. The van der Waals surface area contributed by atoms with E-state index in [0.29, 0.717) is 29.7 Å². The van der Waals surface area contributed by atoms with E-state index in [0.717, 1.165) is 5.52 Å². The van der Waals surface area contributed by atoms with Gasteiger partial charge in [-0.05, 0) is 30.5 Å². The number of H-pyrrole nitrogens is 1. The zero-order valence-electron chi connectivity index (χ0n) is 10.8. The SMILES string of the molecule is CC(CCO)CNC(=O)c1n[nH]c2ccc(N)cc12. The van der Waals surface area contributed by atoms with Gasteiger partial charge in [0.2, 0.25) is 0 Å². The van der Waals surface area contributed by atoms with Crippen molar-refractivity contribution in [1.82, 2.24) is 15.5 Å². The molecule has 0 fully saturated rings. The van der Waals surface area contributed by atoms with Crippen molar-refractivity contribution in [2.75, 3.05) is 18.9 Å². The number of rotatable bonds is 5. The predicted octanol–water partition coefficient (Wildman–Crippen LogP) is 0.893. The van der Waals surface area contributed by atoms with Crippen LogP contribution in [0.4, 0.5) is 5.69 Å². The topological polar surface area (TPSA) is 104 Å². The first kappa shape index (κ1) is 13.4. The molecule has 1 aromatic heterocycles. The van der Waals surface area contributed by atoms with Crippen LogP contribution in [0.5, 0.6) is 0 Å². The number of anilines is 1. The molecule has 1 heterocycles. The molecule has 0 spiro atoms. The van der Waals surface area contributed by atoms with Gasteiger partial charge in [-0.25, -0.2) is 0 Å². The summed E-state index contributed by atoms with van der Waals surface area (Å²) in [6.07, 6.45) is 0.661. The molecule has 0 saturated carbocycles. The minimum Gasteiger partial charge on any atom is -0.399 e. The summed E-state index contributed by atoms with van der Waals surface area (Å²) >= 11 is 0. The lowest BCUT2D eigenvalue weighted by molar-refractivity contribution is 0.0942. The number of aromatic nitrogens is 2. The highest BCUT2D eigenvalue weighted by Gasteiger charge is 2.14. The number of hydrogen-bond acceptors (Lipinski definition) is 4. The highest BCUT2D eigenvalue weighted by Crippen LogP contribution is 2.18. The maximum absolute atomic E-state index is 12.0. The van der Waals surface area contributed by atoms with Crippen LogP contribution < -0.4 is 11.1 Å². The van der Waals surface area contributed by atoms with Crippen molar-refractivity contribution in [1.29, 1.82) is 0 Å². The molecule has 6 nitrogen and oxygen atoms in total. The van der Waals surface area contributed by atoms with E-state index < -0.39 is 0 Å². The Labute approximate surface area is 111 Å². The molecule has 6 heteroatoms. The second-order valence-corrected chi connectivity index (χ2v) is 4.70. The van der Waals surface area contributed by atoms with Gasteiger partial charge in [-0.2, -0.15) is 5.10 Å². The van der Waals surface area contributed by atoms with E-state index in [2.05, 4.69) is 15.5 Å². The molecule has 0 aliphatic heterocycles. The Morgan fingerprint density at radius 3 is 3.11 bits per heavy atom. The molecule has 0 radical (unpaired) electrons. The Hall–Kier alpha value is -2.08. The van der Waals surface area contributed by atoms with Crippen LogP contribution in [0.15, 0.2) is 18.2 Å². The third-order valence-electron chi connectivity index (χ3n) is 3.03. The van der Waals surface area contributed by atoms with Gasteiger partial charge in [-0.15, -0.1) is 0 Å². The van der Waals surface area contributed by atoms with E-state index >= 15 is 0 Å². The van der Waals surface area contributed by atoms with Crippen molar-refractivity contribution < 1.29 is 9.90 Å². The molecule has 2 aromatic rings. The number of amides is 1. The van der Waals surface area contributed by atoms with E-state index in [1.54, 1.807) is 18.2 Å². The van der Waals surface area contributed by atoms with Crippen LogP contribution in [0.2, 0.25) is 0 Å². The fraction of sp³-hybridized carbons (Fsp3) is 0.385. The zero-order chi connectivity index (χ0) is 13.8. The molecule has 1 aromatic carbocycles. The minimum absolute atomic E-state index is 0.124. The molecule has 0 aliphatic carbocycles. The number of carbonyl (C=O) groups is 1. The lowest BCUT2D eigenvalue weighted by Gasteiger charge is -2.10. The highest BCUT2D eigenvalue weighted by atomic mass is 16.3. The van der Waals surface area contributed by atoms with Crippen LogP contribution >= 0.6 is 0 Å². The van der Waals surface area contributed by atoms with Gasteiger partial charge in [-0.3, -0.25) is 9.89 Å². The molecular formula is C13H18N4O2. The van der Waals surface area contributed by atoms with Crippen molar-refractivity contribution in [2.45, 2.75) is 13.3 Å². The Morgan fingerprint density at radius 1 is 1.58 bits per heavy atom. The molecule has 0 saturated heterocycles. The van der Waals surface area contributed by atoms with Crippen LogP contribution in [0.3, 0.4) is 0 Å². The van der Waals surface area contributed by atoms with E-state index in [1.165, 1.54) is 0 Å². The molecule has 2 rings (SSSR count). The van der Waals surface area contributed by atoms with Gasteiger partial charge in [0.15, 0.2) is 5.69 Å². The van der Waals surface area contributed by atoms with Crippen molar-refractivity contribution in [3.05, 3.63) is 23.9 Å². The number of aromatic amines is 1. The quantitative estimate of drug-likeness (QED) is 0.601. The first-order valence-electron chi connectivity index (χ1n) is 6.24. The Bertz CT molecular complexity index is 579. The van der Waals surface area contributed by atoms with Gasteiger partial charge in [0, 0.05) is 24.2 Å². The van der Waals surface area contributed by atoms with Gasteiger partial charge in [0.05, 0.1) is 5.52 Å². The first-order valence-corrected chi connectivity index (χ1v) is 6.24. The van der Waals surface area contributed by atoms with Gasteiger partial charge in [0.1, 0.15) is 0 Å². The van der Waals surface area contributed by atoms with Crippen molar-refractivity contribution >= 4 is 22.5 Å². The van der Waals surface area contributed by atoms with Crippen LogP contribution in [-0.2, 0) is 0 Å². The predicted molar refractivity (Wildman–Crippen MR) is 73.7 cm³/mol. The number of nitrogens with one attached hydrogen (secondary N) is 2. The Kier molecular flexibility index (Phi) is 4.01. The fourth-order valence-corrected chi connectivity index (χ4v) is 1.88. The number of nitrogens with zero attached hydrogens (tertiary/aromatic N) is 1. The van der Waals surface area contributed by atoms with Gasteiger partial charge in [-0.1, -0.05) is 6.92 Å². The monoisotopic (exact) mass is 262 g/mol. The molecule has 0 bridgehead atoms. The molecule has 1 atom stereocenters. The Balaban J connectivity index is 2.11. The van der Waals surface area contributed by atoms with Crippen molar-refractivity contribution in [3.8, 4) is 0 Å². The average Bonchev–Trinajstić information content (AvgIpc) is 2.79. The molecule has 1 unspecified atom stereocenters. The minimum atomic E-state index is -0.235. The summed E-state index contributed by atoms with van der Waals surface area (Å²) in [4.78, 5) is 12.0. The highest BCUT2D eigenvalue weighted by molar-refractivity contribution is 6.05. The first-order chi connectivity index (χ1) is 9.11. The normalized spacial score (nSPS) is 12.5. The molecular weight excluding hydrogens is 244 g/mol. The third-order valence-corrected chi connectivity index (χ3v) is 3.03. The maximum atomic E-state index is 12.0.